The van der Waals surface area contributed by atoms with Gasteiger partial charge >= 0.3 is 6.09 Å². The minimum Gasteiger partial charge on any atom is -0.444 e. The van der Waals surface area contributed by atoms with E-state index in [4.69, 9.17) is 14.5 Å². The number of carbonyl (C=O) groups excluding carboxylic acids is 2. The Morgan fingerprint density at radius 2 is 1.95 bits per heavy atom. The Kier molecular flexibility index (Phi) is 8.51. The van der Waals surface area contributed by atoms with E-state index in [1.54, 1.807) is 12.0 Å². The van der Waals surface area contributed by atoms with Crippen LogP contribution in [0.4, 0.5) is 10.5 Å². The third-order valence-corrected chi connectivity index (χ3v) is 7.47. The summed E-state index contributed by atoms with van der Waals surface area (Å²) in [5.41, 5.74) is 1.69. The number of likely N-dealkylation sites (tertiary alicyclic amines) is 1. The largest absolute Gasteiger partial charge is 0.444 e. The van der Waals surface area contributed by atoms with Crippen molar-refractivity contribution in [2.75, 3.05) is 32.1 Å². The van der Waals surface area contributed by atoms with Crippen LogP contribution in [-0.4, -0.2) is 77.3 Å². The molecule has 4 rings (SSSR count). The molecule has 0 bridgehead atoms. The number of hydrogen-bond acceptors (Lipinski definition) is 7. The lowest BCUT2D eigenvalue weighted by atomic mass is 9.89. The standard InChI is InChI=1S/C29H43N5O4/c1-18(2)15-34(23-9-19(13-30)16-33(17-23)28(36)38-29(3,4)5)27(35)26-25(32-22-11-24(12-22)37-6)10-21(14-31-26)20-7-8-20/h10,14,18-20,22-24,32H,7-9,11-12,15-17H2,1-6H3/t19-,22?,23-,24?/m0/s1. The van der Waals surface area contributed by atoms with Gasteiger partial charge in [-0.15, -0.1) is 0 Å². The number of nitrogens with one attached hydrogen (secondary N) is 1. The number of hydrogen-bond donors (Lipinski definition) is 1. The molecule has 2 atom stereocenters. The van der Waals surface area contributed by atoms with E-state index in [2.05, 4.69) is 31.3 Å². The average molecular weight is 526 g/mol. The number of nitriles is 1. The normalized spacial score (nSPS) is 25.4. The number of piperidine rings is 1. The summed E-state index contributed by atoms with van der Waals surface area (Å²) in [6.45, 7) is 10.7. The molecule has 2 heterocycles. The smallest absolute Gasteiger partial charge is 0.410 e. The highest BCUT2D eigenvalue weighted by atomic mass is 16.6. The van der Waals surface area contributed by atoms with E-state index in [-0.39, 0.29) is 35.9 Å². The number of amides is 2. The molecule has 0 unspecified atom stereocenters. The second-order valence-corrected chi connectivity index (χ2v) is 12.6. The van der Waals surface area contributed by atoms with Crippen molar-refractivity contribution in [2.45, 2.75) is 96.4 Å². The molecule has 1 aromatic rings. The maximum atomic E-state index is 14.2. The molecular formula is C29H43N5O4. The Hall–Kier alpha value is -2.86. The van der Waals surface area contributed by atoms with Gasteiger partial charge in [-0.05, 0) is 76.3 Å². The van der Waals surface area contributed by atoms with Crippen molar-refractivity contribution in [2.24, 2.45) is 11.8 Å². The number of methoxy groups -OCH3 is 1. The van der Waals surface area contributed by atoms with Crippen molar-refractivity contribution in [1.29, 1.82) is 5.26 Å². The summed E-state index contributed by atoms with van der Waals surface area (Å²) in [6, 6.07) is 4.35. The number of ether oxygens (including phenoxy) is 2. The predicted octanol–water partition coefficient (Wildman–Crippen LogP) is 4.80. The molecule has 2 amide bonds. The minimum atomic E-state index is -0.642. The summed E-state index contributed by atoms with van der Waals surface area (Å²) >= 11 is 0. The predicted molar refractivity (Wildman–Crippen MR) is 145 cm³/mol. The van der Waals surface area contributed by atoms with Gasteiger partial charge in [-0.2, -0.15) is 5.26 Å². The fraction of sp³-hybridized carbons (Fsp3) is 0.724. The summed E-state index contributed by atoms with van der Waals surface area (Å²) in [6.07, 6.45) is 6.24. The second-order valence-electron chi connectivity index (χ2n) is 12.6. The van der Waals surface area contributed by atoms with Crippen molar-refractivity contribution in [3.05, 3.63) is 23.5 Å². The van der Waals surface area contributed by atoms with Gasteiger partial charge in [0, 0.05) is 39.0 Å². The van der Waals surface area contributed by atoms with Gasteiger partial charge in [0.15, 0.2) is 5.69 Å². The van der Waals surface area contributed by atoms with Gasteiger partial charge in [0.1, 0.15) is 5.60 Å². The fourth-order valence-electron chi connectivity index (χ4n) is 5.29. The van der Waals surface area contributed by atoms with Crippen molar-refractivity contribution in [1.82, 2.24) is 14.8 Å². The lowest BCUT2D eigenvalue weighted by Gasteiger charge is -2.42. The van der Waals surface area contributed by atoms with Crippen LogP contribution < -0.4 is 5.32 Å². The van der Waals surface area contributed by atoms with Crippen LogP contribution in [0.5, 0.6) is 0 Å². The van der Waals surface area contributed by atoms with E-state index >= 15 is 0 Å². The molecule has 3 fully saturated rings. The summed E-state index contributed by atoms with van der Waals surface area (Å²) in [5.74, 6) is 0.170. The third kappa shape index (κ3) is 6.96. The minimum absolute atomic E-state index is 0.168. The first-order chi connectivity index (χ1) is 18.0. The molecule has 1 saturated heterocycles. The molecule has 0 spiro atoms. The quantitative estimate of drug-likeness (QED) is 0.520. The Morgan fingerprint density at radius 3 is 2.53 bits per heavy atom. The van der Waals surface area contributed by atoms with E-state index < -0.39 is 11.7 Å². The molecule has 1 N–H and O–H groups in total. The van der Waals surface area contributed by atoms with E-state index in [9.17, 15) is 14.9 Å². The Morgan fingerprint density at radius 1 is 1.24 bits per heavy atom. The van der Waals surface area contributed by atoms with Gasteiger partial charge < -0.3 is 24.6 Å². The molecule has 9 heteroatoms. The summed E-state index contributed by atoms with van der Waals surface area (Å²) in [5, 5.41) is 13.4. The van der Waals surface area contributed by atoms with Gasteiger partial charge in [0.2, 0.25) is 0 Å². The van der Waals surface area contributed by atoms with E-state index in [0.29, 0.717) is 37.7 Å². The molecular weight excluding hydrogens is 482 g/mol. The van der Waals surface area contributed by atoms with Crippen LogP contribution in [0.3, 0.4) is 0 Å². The van der Waals surface area contributed by atoms with E-state index in [1.807, 2.05) is 31.9 Å². The lowest BCUT2D eigenvalue weighted by Crippen LogP contribution is -2.55. The Bertz CT molecular complexity index is 1050. The van der Waals surface area contributed by atoms with Crippen LogP contribution in [0.25, 0.3) is 0 Å². The number of pyridine rings is 1. The monoisotopic (exact) mass is 525 g/mol. The van der Waals surface area contributed by atoms with Crippen molar-refractivity contribution < 1.29 is 19.1 Å². The third-order valence-electron chi connectivity index (χ3n) is 7.47. The molecule has 1 aliphatic heterocycles. The zero-order chi connectivity index (χ0) is 27.6. The molecule has 2 saturated carbocycles. The second kappa shape index (κ2) is 11.5. The first kappa shape index (κ1) is 28.2. The van der Waals surface area contributed by atoms with Crippen LogP contribution in [0.2, 0.25) is 0 Å². The van der Waals surface area contributed by atoms with Crippen molar-refractivity contribution >= 4 is 17.7 Å². The lowest BCUT2D eigenvalue weighted by molar-refractivity contribution is 0.00488. The molecule has 1 aromatic heterocycles. The number of nitrogens with zero attached hydrogens (tertiary/aromatic N) is 4. The van der Waals surface area contributed by atoms with Gasteiger partial charge in [0.05, 0.1) is 29.8 Å². The zero-order valence-corrected chi connectivity index (χ0v) is 23.7. The number of anilines is 1. The zero-order valence-electron chi connectivity index (χ0n) is 23.7. The fourth-order valence-corrected chi connectivity index (χ4v) is 5.29. The number of carbonyl (C=O) groups is 2. The number of rotatable bonds is 8. The SMILES string of the molecule is COC1CC(Nc2cc(C3CC3)cnc2C(=O)N(CC(C)C)[C@H]2C[C@@H](C#N)CN(C(=O)OC(C)(C)C)C2)C1. The number of aromatic nitrogens is 1. The van der Waals surface area contributed by atoms with E-state index in [0.717, 1.165) is 31.4 Å². The summed E-state index contributed by atoms with van der Waals surface area (Å²) < 4.78 is 11.1. The van der Waals surface area contributed by atoms with Crippen LogP contribution >= 0.6 is 0 Å². The summed E-state index contributed by atoms with van der Waals surface area (Å²) in [7, 11) is 1.73. The topological polar surface area (TPSA) is 108 Å². The summed E-state index contributed by atoms with van der Waals surface area (Å²) in [4.78, 5) is 35.2. The maximum absolute atomic E-state index is 14.2. The van der Waals surface area contributed by atoms with Crippen LogP contribution in [0.15, 0.2) is 12.3 Å². The molecule has 208 valence electrons. The molecule has 0 aromatic carbocycles. The van der Waals surface area contributed by atoms with Crippen LogP contribution in [-0.2, 0) is 9.47 Å². The molecule has 9 nitrogen and oxygen atoms in total. The highest BCUT2D eigenvalue weighted by Crippen LogP contribution is 2.41. The van der Waals surface area contributed by atoms with Gasteiger partial charge in [-0.25, -0.2) is 9.78 Å². The van der Waals surface area contributed by atoms with Crippen LogP contribution in [0.1, 0.15) is 88.7 Å². The van der Waals surface area contributed by atoms with Crippen LogP contribution in [0, 0.1) is 23.2 Å². The van der Waals surface area contributed by atoms with Gasteiger partial charge in [0.25, 0.3) is 5.91 Å². The van der Waals surface area contributed by atoms with Crippen molar-refractivity contribution in [3.63, 3.8) is 0 Å². The van der Waals surface area contributed by atoms with Gasteiger partial charge in [-0.3, -0.25) is 4.79 Å². The van der Waals surface area contributed by atoms with Crippen molar-refractivity contribution in [3.8, 4) is 6.07 Å². The highest BCUT2D eigenvalue weighted by Gasteiger charge is 2.39. The molecule has 3 aliphatic rings. The Labute approximate surface area is 226 Å². The first-order valence-corrected chi connectivity index (χ1v) is 13.9. The average Bonchev–Trinajstić information content (AvgIpc) is 3.68. The first-order valence-electron chi connectivity index (χ1n) is 13.9. The highest BCUT2D eigenvalue weighted by molar-refractivity contribution is 5.98. The maximum Gasteiger partial charge on any atom is 0.410 e. The molecule has 2 aliphatic carbocycles. The van der Waals surface area contributed by atoms with Gasteiger partial charge in [-0.1, -0.05) is 13.8 Å². The molecule has 0 radical (unpaired) electrons. The Balaban J connectivity index is 1.60. The molecule has 38 heavy (non-hydrogen) atoms. The van der Waals surface area contributed by atoms with E-state index in [1.165, 1.54) is 5.56 Å².